The lowest BCUT2D eigenvalue weighted by molar-refractivity contribution is 0.0949. The highest BCUT2D eigenvalue weighted by atomic mass is 16.5. The summed E-state index contributed by atoms with van der Waals surface area (Å²) in [5.41, 5.74) is 0.661. The summed E-state index contributed by atoms with van der Waals surface area (Å²) in [6.45, 7) is 5.65. The van der Waals surface area contributed by atoms with E-state index in [1.54, 1.807) is 0 Å². The second kappa shape index (κ2) is 8.03. The summed E-state index contributed by atoms with van der Waals surface area (Å²) in [7, 11) is 0. The Kier molecular flexibility index (Phi) is 6.05. The fourth-order valence-corrected chi connectivity index (χ4v) is 2.68. The zero-order valence-corrected chi connectivity index (χ0v) is 13.0. The second-order valence-corrected chi connectivity index (χ2v) is 5.72. The molecule has 1 aromatic carbocycles. The van der Waals surface area contributed by atoms with E-state index >= 15 is 0 Å². The molecule has 0 saturated heterocycles. The molecule has 116 valence electrons. The largest absolute Gasteiger partial charge is 0.490 e. The van der Waals surface area contributed by atoms with Crippen LogP contribution in [0.15, 0.2) is 24.3 Å². The van der Waals surface area contributed by atoms with Crippen LogP contribution in [0, 0.1) is 0 Å². The number of hydrogen-bond donors (Lipinski definition) is 2. The Hall–Kier alpha value is -1.55. The molecule has 1 aliphatic rings. The zero-order valence-electron chi connectivity index (χ0n) is 13.0. The fraction of sp³-hybridized carbons (Fsp3) is 0.588. The normalized spacial score (nSPS) is 16.7. The molecule has 4 heteroatoms. The maximum atomic E-state index is 12.1. The lowest BCUT2D eigenvalue weighted by atomic mass is 10.2. The molecule has 1 atom stereocenters. The molecule has 2 rings (SSSR count). The van der Waals surface area contributed by atoms with Gasteiger partial charge >= 0.3 is 0 Å². The smallest absolute Gasteiger partial charge is 0.251 e. The van der Waals surface area contributed by atoms with Gasteiger partial charge in [-0.3, -0.25) is 4.79 Å². The maximum absolute atomic E-state index is 12.1. The fourth-order valence-electron chi connectivity index (χ4n) is 2.68. The van der Waals surface area contributed by atoms with Crippen molar-refractivity contribution in [1.82, 2.24) is 10.6 Å². The third-order valence-electron chi connectivity index (χ3n) is 3.82. The van der Waals surface area contributed by atoms with E-state index in [9.17, 15) is 4.79 Å². The summed E-state index contributed by atoms with van der Waals surface area (Å²) in [6, 6.07) is 7.75. The molecule has 0 heterocycles. The summed E-state index contributed by atoms with van der Waals surface area (Å²) in [4.78, 5) is 12.1. The van der Waals surface area contributed by atoms with Gasteiger partial charge in [-0.05, 0) is 57.4 Å². The molecule has 0 spiro atoms. The highest BCUT2D eigenvalue weighted by molar-refractivity contribution is 5.94. The van der Waals surface area contributed by atoms with Crippen molar-refractivity contribution < 1.29 is 9.53 Å². The molecule has 1 fully saturated rings. The molecule has 2 N–H and O–H groups in total. The van der Waals surface area contributed by atoms with Gasteiger partial charge < -0.3 is 15.4 Å². The van der Waals surface area contributed by atoms with Gasteiger partial charge in [0.15, 0.2) is 0 Å². The van der Waals surface area contributed by atoms with Crippen molar-refractivity contribution in [3.63, 3.8) is 0 Å². The van der Waals surface area contributed by atoms with Crippen LogP contribution < -0.4 is 15.4 Å². The molecule has 0 radical (unpaired) electrons. The molecular formula is C17H26N2O2. The first-order valence-corrected chi connectivity index (χ1v) is 7.97. The van der Waals surface area contributed by atoms with Gasteiger partial charge in [-0.15, -0.1) is 0 Å². The van der Waals surface area contributed by atoms with Crippen molar-refractivity contribution in [3.05, 3.63) is 29.8 Å². The lowest BCUT2D eigenvalue weighted by Crippen LogP contribution is -2.38. The summed E-state index contributed by atoms with van der Waals surface area (Å²) < 4.78 is 5.94. The van der Waals surface area contributed by atoms with Crippen LogP contribution in [0.4, 0.5) is 0 Å². The SMILES string of the molecule is CCN[C@H](C)CNC(=O)c1cccc(OC2CCCC2)c1. The minimum absolute atomic E-state index is 0.0448. The van der Waals surface area contributed by atoms with Gasteiger partial charge in [0, 0.05) is 18.2 Å². The molecule has 1 saturated carbocycles. The van der Waals surface area contributed by atoms with Crippen molar-refractivity contribution >= 4 is 5.91 Å². The first-order chi connectivity index (χ1) is 10.2. The number of carbonyl (C=O) groups excluding carboxylic acids is 1. The molecule has 0 aromatic heterocycles. The first-order valence-electron chi connectivity index (χ1n) is 7.97. The van der Waals surface area contributed by atoms with Crippen LogP contribution in [0.25, 0.3) is 0 Å². The van der Waals surface area contributed by atoms with Crippen LogP contribution in [0.5, 0.6) is 5.75 Å². The molecule has 0 unspecified atom stereocenters. The number of benzene rings is 1. The van der Waals surface area contributed by atoms with Crippen molar-refractivity contribution in [2.45, 2.75) is 51.7 Å². The number of likely N-dealkylation sites (N-methyl/N-ethyl adjacent to an activating group) is 1. The lowest BCUT2D eigenvalue weighted by Gasteiger charge is -2.15. The summed E-state index contributed by atoms with van der Waals surface area (Å²) >= 11 is 0. The van der Waals surface area contributed by atoms with E-state index in [0.717, 1.165) is 25.1 Å². The molecule has 1 aromatic rings. The Morgan fingerprint density at radius 2 is 2.14 bits per heavy atom. The molecule has 0 bridgehead atoms. The Labute approximate surface area is 127 Å². The van der Waals surface area contributed by atoms with E-state index in [-0.39, 0.29) is 11.9 Å². The Morgan fingerprint density at radius 3 is 2.86 bits per heavy atom. The van der Waals surface area contributed by atoms with Gasteiger partial charge in [-0.25, -0.2) is 0 Å². The predicted molar refractivity (Wildman–Crippen MR) is 84.8 cm³/mol. The van der Waals surface area contributed by atoms with Crippen molar-refractivity contribution in [3.8, 4) is 5.75 Å². The van der Waals surface area contributed by atoms with E-state index in [1.165, 1.54) is 12.8 Å². The maximum Gasteiger partial charge on any atom is 0.251 e. The van der Waals surface area contributed by atoms with Gasteiger partial charge in [0.2, 0.25) is 0 Å². The number of rotatable bonds is 7. The highest BCUT2D eigenvalue weighted by Gasteiger charge is 2.17. The van der Waals surface area contributed by atoms with Crippen LogP contribution in [0.1, 0.15) is 49.9 Å². The first kappa shape index (κ1) is 15.8. The van der Waals surface area contributed by atoms with Gasteiger partial charge in [-0.1, -0.05) is 13.0 Å². The average Bonchev–Trinajstić information content (AvgIpc) is 2.98. The van der Waals surface area contributed by atoms with Crippen LogP contribution in [-0.4, -0.2) is 31.1 Å². The topological polar surface area (TPSA) is 50.4 Å². The molecule has 4 nitrogen and oxygen atoms in total. The van der Waals surface area contributed by atoms with Gasteiger partial charge in [0.05, 0.1) is 6.10 Å². The highest BCUT2D eigenvalue weighted by Crippen LogP contribution is 2.24. The van der Waals surface area contributed by atoms with Gasteiger partial charge in [-0.2, -0.15) is 0 Å². The molecule has 1 amide bonds. The van der Waals surface area contributed by atoms with E-state index < -0.39 is 0 Å². The quantitative estimate of drug-likeness (QED) is 0.812. The minimum Gasteiger partial charge on any atom is -0.490 e. The van der Waals surface area contributed by atoms with Gasteiger partial charge in [0.1, 0.15) is 5.75 Å². The van der Waals surface area contributed by atoms with Crippen LogP contribution in [0.2, 0.25) is 0 Å². The van der Waals surface area contributed by atoms with Crippen molar-refractivity contribution in [2.24, 2.45) is 0 Å². The number of ether oxygens (including phenoxy) is 1. The minimum atomic E-state index is -0.0448. The summed E-state index contributed by atoms with van der Waals surface area (Å²) in [5, 5.41) is 6.22. The Balaban J connectivity index is 1.88. The number of amides is 1. The monoisotopic (exact) mass is 290 g/mol. The van der Waals surface area contributed by atoms with E-state index in [2.05, 4.69) is 24.5 Å². The number of nitrogens with one attached hydrogen (secondary N) is 2. The van der Waals surface area contributed by atoms with Gasteiger partial charge in [0.25, 0.3) is 5.91 Å². The van der Waals surface area contributed by atoms with Crippen LogP contribution >= 0.6 is 0 Å². The number of carbonyl (C=O) groups is 1. The Morgan fingerprint density at radius 1 is 1.38 bits per heavy atom. The molecular weight excluding hydrogens is 264 g/mol. The summed E-state index contributed by atoms with van der Waals surface area (Å²) in [6.07, 6.45) is 5.05. The van der Waals surface area contributed by atoms with Crippen LogP contribution in [-0.2, 0) is 0 Å². The third kappa shape index (κ3) is 5.05. The van der Waals surface area contributed by atoms with E-state index in [1.807, 2.05) is 24.3 Å². The van der Waals surface area contributed by atoms with Crippen molar-refractivity contribution in [2.75, 3.05) is 13.1 Å². The summed E-state index contributed by atoms with van der Waals surface area (Å²) in [5.74, 6) is 0.755. The average molecular weight is 290 g/mol. The van der Waals surface area contributed by atoms with Crippen LogP contribution in [0.3, 0.4) is 0 Å². The molecule has 0 aliphatic heterocycles. The van der Waals surface area contributed by atoms with E-state index in [0.29, 0.717) is 18.2 Å². The molecule has 21 heavy (non-hydrogen) atoms. The Bertz CT molecular complexity index is 456. The predicted octanol–water partition coefficient (Wildman–Crippen LogP) is 2.74. The second-order valence-electron chi connectivity index (χ2n) is 5.72. The third-order valence-corrected chi connectivity index (χ3v) is 3.82. The molecule has 1 aliphatic carbocycles. The van der Waals surface area contributed by atoms with E-state index in [4.69, 9.17) is 4.74 Å². The zero-order chi connectivity index (χ0) is 15.1. The standard InChI is InChI=1S/C17H26N2O2/c1-3-18-13(2)12-19-17(20)14-7-6-10-16(11-14)21-15-8-4-5-9-15/h6-7,10-11,13,15,18H,3-5,8-9,12H2,1-2H3,(H,19,20)/t13-/m1/s1. The van der Waals surface area contributed by atoms with Crippen molar-refractivity contribution in [1.29, 1.82) is 0 Å². The number of hydrogen-bond acceptors (Lipinski definition) is 3.